The lowest BCUT2D eigenvalue weighted by molar-refractivity contribution is -0.163. The van der Waals surface area contributed by atoms with Crippen LogP contribution in [0, 0.1) is 41.4 Å². The smallest absolute Gasteiger partial charge is 0.311 e. The van der Waals surface area contributed by atoms with Gasteiger partial charge in [-0.05, 0) is 67.6 Å². The van der Waals surface area contributed by atoms with E-state index < -0.39 is 6.79 Å². The molecule has 4 fully saturated rings. The highest BCUT2D eigenvalue weighted by Crippen LogP contribution is 2.69. The molecule has 0 aliphatic heterocycles. The van der Waals surface area contributed by atoms with Gasteiger partial charge in [-0.1, -0.05) is 6.92 Å². The zero-order valence-electron chi connectivity index (χ0n) is 13.6. The van der Waals surface area contributed by atoms with Gasteiger partial charge in [0.05, 0.1) is 5.92 Å². The Balaban J connectivity index is 1.46. The monoisotopic (exact) mass is 322 g/mol. The van der Waals surface area contributed by atoms with Gasteiger partial charge < -0.3 is 14.6 Å². The summed E-state index contributed by atoms with van der Waals surface area (Å²) in [4.78, 5) is 24.0. The first-order valence-electron chi connectivity index (χ1n) is 9.11. The second-order valence-electron chi connectivity index (χ2n) is 7.92. The second kappa shape index (κ2) is 5.76. The number of aliphatic hydroxyl groups is 1. The second-order valence-corrected chi connectivity index (χ2v) is 7.92. The Morgan fingerprint density at radius 1 is 1.04 bits per heavy atom. The van der Waals surface area contributed by atoms with Crippen LogP contribution in [0.4, 0.5) is 0 Å². The molecular formula is C18H26O5. The van der Waals surface area contributed by atoms with Crippen molar-refractivity contribution in [3.05, 3.63) is 0 Å². The van der Waals surface area contributed by atoms with Crippen LogP contribution in [-0.4, -0.2) is 29.9 Å². The molecule has 4 aliphatic carbocycles. The Labute approximate surface area is 136 Å². The van der Waals surface area contributed by atoms with E-state index in [-0.39, 0.29) is 24.0 Å². The van der Waals surface area contributed by atoms with Gasteiger partial charge in [0.1, 0.15) is 6.10 Å². The van der Waals surface area contributed by atoms with Crippen LogP contribution in [0.3, 0.4) is 0 Å². The maximum Gasteiger partial charge on any atom is 0.311 e. The van der Waals surface area contributed by atoms with Crippen molar-refractivity contribution < 1.29 is 24.2 Å². The van der Waals surface area contributed by atoms with E-state index in [2.05, 4.69) is 0 Å². The molecule has 4 aliphatic rings. The number of carbonyl (C=O) groups is 2. The van der Waals surface area contributed by atoms with E-state index in [1.165, 1.54) is 0 Å². The first kappa shape index (κ1) is 15.4. The molecule has 0 aromatic rings. The van der Waals surface area contributed by atoms with E-state index in [0.29, 0.717) is 36.0 Å². The van der Waals surface area contributed by atoms with Crippen LogP contribution in [0.1, 0.15) is 45.4 Å². The third-order valence-electron chi connectivity index (χ3n) is 7.00. The van der Waals surface area contributed by atoms with Crippen LogP contribution in [0.2, 0.25) is 0 Å². The molecule has 4 bridgehead atoms. The van der Waals surface area contributed by atoms with Gasteiger partial charge in [0.25, 0.3) is 0 Å². The Hall–Kier alpha value is -1.10. The lowest BCUT2D eigenvalue weighted by Crippen LogP contribution is -2.41. The molecule has 4 rings (SSSR count). The van der Waals surface area contributed by atoms with Gasteiger partial charge in [0, 0.05) is 6.42 Å². The SMILES string of the molecule is CCCC(=O)OC1CC2CC1C1C3CC(CC3C(=O)OCO)C21. The fraction of sp³-hybridized carbons (Fsp3) is 0.889. The Kier molecular flexibility index (Phi) is 3.87. The number of hydrogen-bond donors (Lipinski definition) is 1. The van der Waals surface area contributed by atoms with E-state index in [4.69, 9.17) is 14.6 Å². The van der Waals surface area contributed by atoms with Crippen LogP contribution in [0.15, 0.2) is 0 Å². The molecule has 0 saturated heterocycles. The summed E-state index contributed by atoms with van der Waals surface area (Å²) in [5.41, 5.74) is 0. The highest BCUT2D eigenvalue weighted by atomic mass is 16.6. The topological polar surface area (TPSA) is 72.8 Å². The molecule has 8 unspecified atom stereocenters. The molecule has 0 aromatic heterocycles. The van der Waals surface area contributed by atoms with Crippen LogP contribution in [-0.2, 0) is 19.1 Å². The zero-order chi connectivity index (χ0) is 16.1. The minimum atomic E-state index is -0.524. The van der Waals surface area contributed by atoms with Crippen molar-refractivity contribution in [3.8, 4) is 0 Å². The van der Waals surface area contributed by atoms with Crippen molar-refractivity contribution >= 4 is 11.9 Å². The fourth-order valence-electron chi connectivity index (χ4n) is 6.55. The molecule has 0 aromatic carbocycles. The molecule has 0 amide bonds. The summed E-state index contributed by atoms with van der Waals surface area (Å²) in [7, 11) is 0. The van der Waals surface area contributed by atoms with Crippen molar-refractivity contribution in [2.24, 2.45) is 41.4 Å². The number of fused-ring (bicyclic) bond motifs is 9. The molecule has 128 valence electrons. The minimum Gasteiger partial charge on any atom is -0.462 e. The van der Waals surface area contributed by atoms with E-state index in [1.54, 1.807) is 0 Å². The minimum absolute atomic E-state index is 0.0558. The quantitative estimate of drug-likeness (QED) is 0.477. The van der Waals surface area contributed by atoms with Gasteiger partial charge in [0.2, 0.25) is 0 Å². The maximum atomic E-state index is 12.1. The molecule has 4 saturated carbocycles. The number of ether oxygens (including phenoxy) is 2. The summed E-state index contributed by atoms with van der Waals surface area (Å²) in [6.45, 7) is 1.47. The molecule has 5 nitrogen and oxygen atoms in total. The summed E-state index contributed by atoms with van der Waals surface area (Å²) in [6.07, 6.45) is 5.61. The molecule has 1 N–H and O–H groups in total. The number of aliphatic hydroxyl groups excluding tert-OH is 1. The van der Waals surface area contributed by atoms with Crippen molar-refractivity contribution in [3.63, 3.8) is 0 Å². The number of esters is 2. The Morgan fingerprint density at radius 3 is 2.52 bits per heavy atom. The largest absolute Gasteiger partial charge is 0.462 e. The average Bonchev–Trinajstić information content (AvgIpc) is 3.25. The summed E-state index contributed by atoms with van der Waals surface area (Å²) in [6, 6.07) is 0. The van der Waals surface area contributed by atoms with Gasteiger partial charge in [-0.2, -0.15) is 0 Å². The van der Waals surface area contributed by atoms with Crippen molar-refractivity contribution in [1.29, 1.82) is 0 Å². The van der Waals surface area contributed by atoms with Crippen LogP contribution in [0.25, 0.3) is 0 Å². The number of rotatable bonds is 5. The van der Waals surface area contributed by atoms with Crippen molar-refractivity contribution in [1.82, 2.24) is 0 Å². The van der Waals surface area contributed by atoms with Gasteiger partial charge in [0.15, 0.2) is 6.79 Å². The lowest BCUT2D eigenvalue weighted by atomic mass is 9.67. The Morgan fingerprint density at radius 2 is 1.78 bits per heavy atom. The van der Waals surface area contributed by atoms with Crippen molar-refractivity contribution in [2.75, 3.05) is 6.79 Å². The highest BCUT2D eigenvalue weighted by Gasteiger charge is 2.66. The predicted octanol–water partition coefficient (Wildman–Crippen LogP) is 2.12. The summed E-state index contributed by atoms with van der Waals surface area (Å²) in [5, 5.41) is 8.85. The average molecular weight is 322 g/mol. The van der Waals surface area contributed by atoms with Crippen LogP contribution in [0.5, 0.6) is 0 Å². The fourth-order valence-corrected chi connectivity index (χ4v) is 6.55. The first-order chi connectivity index (χ1) is 11.1. The molecule has 8 atom stereocenters. The highest BCUT2D eigenvalue weighted by molar-refractivity contribution is 5.73. The van der Waals surface area contributed by atoms with Gasteiger partial charge in [-0.3, -0.25) is 9.59 Å². The van der Waals surface area contributed by atoms with Gasteiger partial charge >= 0.3 is 11.9 Å². The molecule has 23 heavy (non-hydrogen) atoms. The summed E-state index contributed by atoms with van der Waals surface area (Å²) in [5.74, 6) is 2.99. The normalized spacial score (nSPS) is 46.0. The maximum absolute atomic E-state index is 12.1. The molecule has 5 heteroatoms. The zero-order valence-corrected chi connectivity index (χ0v) is 13.6. The molecule has 0 spiro atoms. The lowest BCUT2D eigenvalue weighted by Gasteiger charge is -2.40. The molecule has 0 heterocycles. The summed E-state index contributed by atoms with van der Waals surface area (Å²) < 4.78 is 10.6. The Bertz CT molecular complexity index is 504. The van der Waals surface area contributed by atoms with Crippen LogP contribution >= 0.6 is 0 Å². The third kappa shape index (κ3) is 2.31. The number of carbonyl (C=O) groups excluding carboxylic acids is 2. The van der Waals surface area contributed by atoms with E-state index in [1.807, 2.05) is 6.92 Å². The van der Waals surface area contributed by atoms with E-state index in [0.717, 1.165) is 38.0 Å². The molecular weight excluding hydrogens is 296 g/mol. The van der Waals surface area contributed by atoms with Gasteiger partial charge in [-0.15, -0.1) is 0 Å². The third-order valence-corrected chi connectivity index (χ3v) is 7.00. The molecule has 0 radical (unpaired) electrons. The van der Waals surface area contributed by atoms with Crippen LogP contribution < -0.4 is 0 Å². The van der Waals surface area contributed by atoms with Crippen molar-refractivity contribution in [2.45, 2.75) is 51.6 Å². The number of hydrogen-bond acceptors (Lipinski definition) is 5. The van der Waals surface area contributed by atoms with E-state index in [9.17, 15) is 9.59 Å². The first-order valence-corrected chi connectivity index (χ1v) is 9.11. The van der Waals surface area contributed by atoms with E-state index >= 15 is 0 Å². The standard InChI is InChI=1S/C18H26O5/c1-2-3-15(20)23-14-7-10-6-13(14)17-11-4-9(16(10)17)5-12(11)18(21)22-8-19/h9-14,16-17,19H,2-8H2,1H3. The predicted molar refractivity (Wildman–Crippen MR) is 80.9 cm³/mol. The summed E-state index contributed by atoms with van der Waals surface area (Å²) >= 11 is 0. The van der Waals surface area contributed by atoms with Gasteiger partial charge in [-0.25, -0.2) is 0 Å².